The zero-order valence-corrected chi connectivity index (χ0v) is 16.7. The van der Waals surface area contributed by atoms with Gasteiger partial charge in [0.05, 0.1) is 1.37 Å². The Labute approximate surface area is 167 Å². The Hall–Kier alpha value is -1.39. The lowest BCUT2D eigenvalue weighted by Crippen LogP contribution is -2.06. The SMILES string of the molecule is [2H]c1cccc(CSCCC(CCCCC(=O)O)SCc2ccccc2)c1. The van der Waals surface area contributed by atoms with E-state index in [1.807, 2.05) is 47.8 Å². The lowest BCUT2D eigenvalue weighted by atomic mass is 10.1. The molecule has 1 unspecified atom stereocenters. The average molecular weight is 390 g/mol. The Morgan fingerprint density at radius 2 is 1.69 bits per heavy atom. The van der Waals surface area contributed by atoms with Gasteiger partial charge in [-0.1, -0.05) is 67.1 Å². The van der Waals surface area contributed by atoms with Crippen LogP contribution in [0.5, 0.6) is 0 Å². The number of hydrogen-bond acceptors (Lipinski definition) is 3. The summed E-state index contributed by atoms with van der Waals surface area (Å²) in [6.07, 6.45) is 4.23. The van der Waals surface area contributed by atoms with E-state index in [0.29, 0.717) is 11.3 Å². The maximum absolute atomic E-state index is 10.7. The molecule has 0 spiro atoms. The first kappa shape index (κ1) is 19.4. The first-order chi connectivity index (χ1) is 13.1. The van der Waals surface area contributed by atoms with Gasteiger partial charge in [-0.3, -0.25) is 4.79 Å². The fourth-order valence-electron chi connectivity index (χ4n) is 2.67. The lowest BCUT2D eigenvalue weighted by molar-refractivity contribution is -0.137. The Bertz CT molecular complexity index is 679. The quantitative estimate of drug-likeness (QED) is 0.410. The minimum atomic E-state index is -0.698. The summed E-state index contributed by atoms with van der Waals surface area (Å²) in [5.41, 5.74) is 2.56. The minimum absolute atomic E-state index is 0.272. The van der Waals surface area contributed by atoms with E-state index in [1.54, 1.807) is 0 Å². The van der Waals surface area contributed by atoms with Gasteiger partial charge in [0.2, 0.25) is 0 Å². The molecule has 0 saturated heterocycles. The average Bonchev–Trinajstić information content (AvgIpc) is 2.66. The first-order valence-electron chi connectivity index (χ1n) is 9.64. The molecule has 0 aromatic heterocycles. The number of unbranched alkanes of at least 4 members (excludes halogenated alkanes) is 1. The highest BCUT2D eigenvalue weighted by Gasteiger charge is 2.10. The van der Waals surface area contributed by atoms with Crippen LogP contribution in [-0.4, -0.2) is 22.1 Å². The summed E-state index contributed by atoms with van der Waals surface area (Å²) in [5, 5.41) is 9.37. The van der Waals surface area contributed by atoms with Crippen LogP contribution in [0.3, 0.4) is 0 Å². The number of hydrogen-bond donors (Lipinski definition) is 1. The molecule has 0 aliphatic heterocycles. The van der Waals surface area contributed by atoms with Gasteiger partial charge >= 0.3 is 5.97 Å². The largest absolute Gasteiger partial charge is 0.481 e. The molecule has 0 heterocycles. The summed E-state index contributed by atoms with van der Waals surface area (Å²) < 4.78 is 7.69. The van der Waals surface area contributed by atoms with E-state index in [2.05, 4.69) is 30.3 Å². The molecule has 2 aromatic rings. The molecule has 2 rings (SSSR count). The van der Waals surface area contributed by atoms with Gasteiger partial charge in [0.15, 0.2) is 0 Å². The lowest BCUT2D eigenvalue weighted by Gasteiger charge is -2.16. The fourth-order valence-corrected chi connectivity index (χ4v) is 5.07. The molecule has 0 amide bonds. The second-order valence-corrected chi connectivity index (χ2v) is 8.70. The number of aliphatic carboxylic acids is 1. The van der Waals surface area contributed by atoms with Crippen LogP contribution in [0.25, 0.3) is 0 Å². The third kappa shape index (κ3) is 9.35. The van der Waals surface area contributed by atoms with Crippen molar-refractivity contribution < 1.29 is 11.3 Å². The van der Waals surface area contributed by atoms with Gasteiger partial charge in [-0.15, -0.1) is 0 Å². The first-order valence-corrected chi connectivity index (χ1v) is 11.3. The van der Waals surface area contributed by atoms with Gasteiger partial charge < -0.3 is 5.11 Å². The van der Waals surface area contributed by atoms with Crippen LogP contribution in [0.1, 0.15) is 44.6 Å². The molecule has 2 nitrogen and oxygen atoms in total. The maximum atomic E-state index is 10.7. The zero-order chi connectivity index (χ0) is 19.3. The molecule has 0 saturated carbocycles. The van der Waals surface area contributed by atoms with E-state index >= 15 is 0 Å². The van der Waals surface area contributed by atoms with Gasteiger partial charge in [-0.25, -0.2) is 0 Å². The van der Waals surface area contributed by atoms with Crippen LogP contribution in [0.4, 0.5) is 0 Å². The normalized spacial score (nSPS) is 12.5. The smallest absolute Gasteiger partial charge is 0.303 e. The molecule has 1 N–H and O–H groups in total. The van der Waals surface area contributed by atoms with Crippen molar-refractivity contribution in [1.82, 2.24) is 0 Å². The summed E-state index contributed by atoms with van der Waals surface area (Å²) in [7, 11) is 0. The highest BCUT2D eigenvalue weighted by Crippen LogP contribution is 2.27. The second kappa shape index (κ2) is 12.9. The maximum Gasteiger partial charge on any atom is 0.303 e. The number of rotatable bonds is 13. The summed E-state index contributed by atoms with van der Waals surface area (Å²) in [4.78, 5) is 10.7. The fraction of sp³-hybridized carbons (Fsp3) is 0.409. The van der Waals surface area contributed by atoms with Crippen molar-refractivity contribution in [3.8, 4) is 0 Å². The zero-order valence-electron chi connectivity index (χ0n) is 16.1. The Morgan fingerprint density at radius 3 is 2.42 bits per heavy atom. The topological polar surface area (TPSA) is 37.3 Å². The van der Waals surface area contributed by atoms with Gasteiger partial charge in [-0.2, -0.15) is 23.5 Å². The van der Waals surface area contributed by atoms with Crippen LogP contribution < -0.4 is 0 Å². The third-order valence-electron chi connectivity index (χ3n) is 4.12. The van der Waals surface area contributed by atoms with Crippen molar-refractivity contribution >= 4 is 29.5 Å². The molecule has 1 atom stereocenters. The van der Waals surface area contributed by atoms with Crippen molar-refractivity contribution in [2.75, 3.05) is 5.75 Å². The van der Waals surface area contributed by atoms with Crippen molar-refractivity contribution in [2.24, 2.45) is 0 Å². The van der Waals surface area contributed by atoms with E-state index in [0.717, 1.165) is 42.9 Å². The minimum Gasteiger partial charge on any atom is -0.481 e. The van der Waals surface area contributed by atoms with Gasteiger partial charge in [0, 0.05) is 23.2 Å². The monoisotopic (exact) mass is 389 g/mol. The van der Waals surface area contributed by atoms with E-state index in [-0.39, 0.29) is 6.42 Å². The summed E-state index contributed by atoms with van der Waals surface area (Å²) in [6.45, 7) is 0. The predicted molar refractivity (Wildman–Crippen MR) is 115 cm³/mol. The van der Waals surface area contributed by atoms with Crippen molar-refractivity contribution in [1.29, 1.82) is 0 Å². The molecule has 0 bridgehead atoms. The van der Waals surface area contributed by atoms with Crippen LogP contribution in [-0.2, 0) is 16.3 Å². The molecule has 0 aliphatic carbocycles. The van der Waals surface area contributed by atoms with Crippen LogP contribution >= 0.6 is 23.5 Å². The molecular weight excluding hydrogens is 360 g/mol. The molecule has 2 aromatic carbocycles. The third-order valence-corrected chi connectivity index (χ3v) is 6.62. The van der Waals surface area contributed by atoms with Crippen molar-refractivity contribution in [3.05, 3.63) is 71.8 Å². The van der Waals surface area contributed by atoms with Crippen LogP contribution in [0.15, 0.2) is 60.6 Å². The summed E-state index contributed by atoms with van der Waals surface area (Å²) in [6, 6.07) is 18.9. The molecule has 140 valence electrons. The summed E-state index contributed by atoms with van der Waals surface area (Å²) >= 11 is 3.91. The number of carboxylic acid groups (broad SMARTS) is 1. The number of thioether (sulfide) groups is 2. The number of carboxylic acids is 1. The van der Waals surface area contributed by atoms with Gasteiger partial charge in [0.25, 0.3) is 0 Å². The van der Waals surface area contributed by atoms with Crippen LogP contribution in [0, 0.1) is 0 Å². The molecule has 26 heavy (non-hydrogen) atoms. The number of carbonyl (C=O) groups is 1. The van der Waals surface area contributed by atoms with Gasteiger partial charge in [-0.05, 0) is 36.1 Å². The second-order valence-electron chi connectivity index (χ2n) is 6.31. The Kier molecular flexibility index (Phi) is 9.60. The molecule has 0 fully saturated rings. The predicted octanol–water partition coefficient (Wildman–Crippen LogP) is 6.26. The Morgan fingerprint density at radius 1 is 0.962 bits per heavy atom. The van der Waals surface area contributed by atoms with E-state index in [9.17, 15) is 4.79 Å². The summed E-state index contributed by atoms with van der Waals surface area (Å²) in [5.74, 6) is 2.35. The molecule has 0 radical (unpaired) electrons. The van der Waals surface area contributed by atoms with Gasteiger partial charge in [0.1, 0.15) is 0 Å². The molecular formula is C22H28O2S2. The number of benzene rings is 2. The highest BCUT2D eigenvalue weighted by molar-refractivity contribution is 7.99. The van der Waals surface area contributed by atoms with E-state index < -0.39 is 5.97 Å². The van der Waals surface area contributed by atoms with E-state index in [4.69, 9.17) is 6.48 Å². The van der Waals surface area contributed by atoms with Crippen molar-refractivity contribution in [3.63, 3.8) is 0 Å². The van der Waals surface area contributed by atoms with E-state index in [1.165, 1.54) is 11.1 Å². The standard InChI is InChI=1S/C22H28O2S2/c23-22(24)14-8-7-13-21(26-18-20-11-5-2-6-12-20)15-16-25-17-19-9-3-1-4-10-19/h1-6,9-12,21H,7-8,13-18H2,(H,23,24)/i3D. The molecule has 4 heteroatoms. The van der Waals surface area contributed by atoms with Crippen LogP contribution in [0.2, 0.25) is 0 Å². The van der Waals surface area contributed by atoms with Crippen molar-refractivity contribution in [2.45, 2.75) is 48.9 Å². The Balaban J connectivity index is 1.74. The highest BCUT2D eigenvalue weighted by atomic mass is 32.2. The molecule has 0 aliphatic rings.